The summed E-state index contributed by atoms with van der Waals surface area (Å²) in [4.78, 5) is 40.9. The highest BCUT2D eigenvalue weighted by molar-refractivity contribution is 7.80. The van der Waals surface area contributed by atoms with E-state index in [9.17, 15) is 14.4 Å². The quantitative estimate of drug-likeness (QED) is 0.363. The molecule has 0 aliphatic rings. The van der Waals surface area contributed by atoms with Crippen LogP contribution in [0.25, 0.3) is 10.8 Å². The highest BCUT2D eigenvalue weighted by atomic mass is 32.1. The van der Waals surface area contributed by atoms with Crippen LogP contribution in [-0.4, -0.2) is 47.3 Å². The van der Waals surface area contributed by atoms with Crippen molar-refractivity contribution in [2.45, 2.75) is 52.3 Å². The van der Waals surface area contributed by atoms with Gasteiger partial charge in [0.15, 0.2) is 0 Å². The van der Waals surface area contributed by atoms with Crippen LogP contribution in [0.4, 0.5) is 10.5 Å². The first-order valence-electron chi connectivity index (χ1n) is 12.1. The summed E-state index contributed by atoms with van der Waals surface area (Å²) in [6.07, 6.45) is -0.725. The maximum Gasteiger partial charge on any atom is 0.408 e. The fraction of sp³-hybridized carbons (Fsp3) is 0.345. The number of likely N-dealkylation sites (N-methyl/N-ethyl adjacent to an activating group) is 1. The Morgan fingerprint density at radius 3 is 2.27 bits per heavy atom. The largest absolute Gasteiger partial charge is 0.444 e. The zero-order valence-electron chi connectivity index (χ0n) is 22.2. The van der Waals surface area contributed by atoms with Gasteiger partial charge in [0, 0.05) is 18.5 Å². The lowest BCUT2D eigenvalue weighted by Crippen LogP contribution is -2.52. The number of nitrogens with one attached hydrogen (secondary N) is 2. The Morgan fingerprint density at radius 2 is 1.65 bits per heavy atom. The number of hydrogen-bond acceptors (Lipinski definition) is 5. The van der Waals surface area contributed by atoms with Gasteiger partial charge >= 0.3 is 6.09 Å². The van der Waals surface area contributed by atoms with Crippen LogP contribution in [0.5, 0.6) is 0 Å². The average molecular weight is 522 g/mol. The van der Waals surface area contributed by atoms with Gasteiger partial charge in [-0.2, -0.15) is 12.6 Å². The molecule has 2 unspecified atom stereocenters. The zero-order chi connectivity index (χ0) is 27.3. The van der Waals surface area contributed by atoms with Crippen molar-refractivity contribution in [3.8, 4) is 0 Å². The number of carbonyl (C=O) groups is 3. The lowest BCUT2D eigenvalue weighted by atomic mass is 9.97. The first-order valence-corrected chi connectivity index (χ1v) is 12.8. The van der Waals surface area contributed by atoms with Gasteiger partial charge in [-0.3, -0.25) is 9.59 Å². The number of thiol groups is 1. The van der Waals surface area contributed by atoms with Crippen molar-refractivity contribution in [1.29, 1.82) is 0 Å². The Kier molecular flexibility index (Phi) is 8.86. The van der Waals surface area contributed by atoms with Crippen LogP contribution < -0.4 is 10.6 Å². The van der Waals surface area contributed by atoms with Crippen molar-refractivity contribution >= 4 is 47.0 Å². The molecule has 0 saturated carbocycles. The zero-order valence-corrected chi connectivity index (χ0v) is 23.1. The first-order chi connectivity index (χ1) is 17.4. The Balaban J connectivity index is 1.92. The third-order valence-electron chi connectivity index (χ3n) is 5.89. The van der Waals surface area contributed by atoms with E-state index >= 15 is 0 Å². The number of anilines is 1. The molecular formula is C29H35N3O4S. The van der Waals surface area contributed by atoms with E-state index in [-0.39, 0.29) is 11.7 Å². The summed E-state index contributed by atoms with van der Waals surface area (Å²) in [6.45, 7) is 9.10. The van der Waals surface area contributed by atoms with E-state index in [0.29, 0.717) is 11.3 Å². The molecule has 0 heterocycles. The Hall–Kier alpha value is -3.52. The Morgan fingerprint density at radius 1 is 0.973 bits per heavy atom. The lowest BCUT2D eigenvalue weighted by molar-refractivity contribution is -0.138. The van der Waals surface area contributed by atoms with Gasteiger partial charge in [-0.1, -0.05) is 54.1 Å². The molecule has 0 aromatic heterocycles. The van der Waals surface area contributed by atoms with Gasteiger partial charge in [-0.05, 0) is 68.7 Å². The van der Waals surface area contributed by atoms with Crippen LogP contribution in [0.1, 0.15) is 43.5 Å². The minimum Gasteiger partial charge on any atom is -0.444 e. The second kappa shape index (κ2) is 11.7. The van der Waals surface area contributed by atoms with Gasteiger partial charge in [0.25, 0.3) is 5.91 Å². The molecule has 3 aromatic carbocycles. The molecular weight excluding hydrogens is 486 g/mol. The van der Waals surface area contributed by atoms with Crippen LogP contribution in [0.15, 0.2) is 60.7 Å². The third kappa shape index (κ3) is 7.26. The predicted molar refractivity (Wildman–Crippen MR) is 151 cm³/mol. The van der Waals surface area contributed by atoms with E-state index in [2.05, 4.69) is 23.3 Å². The lowest BCUT2D eigenvalue weighted by Gasteiger charge is -2.32. The predicted octanol–water partition coefficient (Wildman–Crippen LogP) is 5.42. The molecule has 0 fully saturated rings. The number of nitrogens with zero attached hydrogens (tertiary/aromatic N) is 1. The van der Waals surface area contributed by atoms with Crippen LogP contribution in [-0.2, 0) is 14.3 Å². The van der Waals surface area contributed by atoms with Crippen molar-refractivity contribution in [1.82, 2.24) is 10.2 Å². The Bertz CT molecular complexity index is 1300. The smallest absolute Gasteiger partial charge is 0.408 e. The van der Waals surface area contributed by atoms with Crippen molar-refractivity contribution in [3.05, 3.63) is 77.4 Å². The topological polar surface area (TPSA) is 87.7 Å². The molecule has 37 heavy (non-hydrogen) atoms. The van der Waals surface area contributed by atoms with Crippen molar-refractivity contribution < 1.29 is 19.1 Å². The molecule has 8 heteroatoms. The molecule has 0 bridgehead atoms. The summed E-state index contributed by atoms with van der Waals surface area (Å²) < 4.78 is 5.30. The van der Waals surface area contributed by atoms with Gasteiger partial charge < -0.3 is 20.3 Å². The summed E-state index contributed by atoms with van der Waals surface area (Å²) in [6, 6.07) is 17.4. The monoisotopic (exact) mass is 521 g/mol. The number of alkyl carbamates (subject to hydrolysis) is 1. The van der Waals surface area contributed by atoms with Crippen LogP contribution in [0.2, 0.25) is 0 Å². The third-order valence-corrected chi connectivity index (χ3v) is 6.26. The van der Waals surface area contributed by atoms with Crippen LogP contribution in [0, 0.1) is 13.8 Å². The standard InChI is InChI=1S/C29H35N3O4S/c1-18-11-14-23(19(2)15-18)25(26(33)30-22-13-12-20-9-7-8-10-21(20)16-22)32(6)27(34)24(17-37)31-28(35)36-29(3,4)5/h7-16,24-25,37H,17H2,1-6H3,(H,30,33)(H,31,35). The second-order valence-corrected chi connectivity index (χ2v) is 10.5. The number of rotatable bonds is 7. The SMILES string of the molecule is Cc1ccc(C(C(=O)Nc2ccc3ccccc3c2)N(C)C(=O)C(CS)NC(=O)OC(C)(C)C)c(C)c1. The van der Waals surface area contributed by atoms with Crippen LogP contribution in [0.3, 0.4) is 0 Å². The molecule has 7 nitrogen and oxygen atoms in total. The molecule has 2 N–H and O–H groups in total. The molecule has 196 valence electrons. The maximum atomic E-state index is 13.7. The summed E-state index contributed by atoms with van der Waals surface area (Å²) in [5.74, 6) is -0.790. The van der Waals surface area contributed by atoms with Gasteiger partial charge in [-0.25, -0.2) is 4.79 Å². The highest BCUT2D eigenvalue weighted by Gasteiger charge is 2.34. The van der Waals surface area contributed by atoms with Crippen molar-refractivity contribution in [3.63, 3.8) is 0 Å². The van der Waals surface area contributed by atoms with Gasteiger partial charge in [0.2, 0.25) is 5.91 Å². The van der Waals surface area contributed by atoms with Crippen molar-refractivity contribution in [2.75, 3.05) is 18.1 Å². The molecule has 0 aliphatic heterocycles. The summed E-state index contributed by atoms with van der Waals surface area (Å²) in [5, 5.41) is 7.61. The number of ether oxygens (including phenoxy) is 1. The van der Waals surface area contributed by atoms with Crippen molar-refractivity contribution in [2.24, 2.45) is 0 Å². The van der Waals surface area contributed by atoms with E-state index in [1.54, 1.807) is 27.8 Å². The molecule has 0 spiro atoms. The summed E-state index contributed by atoms with van der Waals surface area (Å²) >= 11 is 4.27. The van der Waals surface area contributed by atoms with E-state index < -0.39 is 29.7 Å². The van der Waals surface area contributed by atoms with Crippen LogP contribution >= 0.6 is 12.6 Å². The number of benzene rings is 3. The van der Waals surface area contributed by atoms with Gasteiger partial charge in [0.1, 0.15) is 17.7 Å². The Labute approximate surface area is 224 Å². The molecule has 0 radical (unpaired) electrons. The highest BCUT2D eigenvalue weighted by Crippen LogP contribution is 2.27. The number of aryl methyl sites for hydroxylation is 2. The first kappa shape index (κ1) is 28.1. The number of hydrogen-bond donors (Lipinski definition) is 3. The minimum absolute atomic E-state index is 0.0360. The normalized spacial score (nSPS) is 12.9. The summed E-state index contributed by atoms with van der Waals surface area (Å²) in [7, 11) is 1.56. The maximum absolute atomic E-state index is 13.7. The summed E-state index contributed by atoms with van der Waals surface area (Å²) in [5.41, 5.74) is 2.51. The number of fused-ring (bicyclic) bond motifs is 1. The molecule has 2 atom stereocenters. The fourth-order valence-electron chi connectivity index (χ4n) is 4.14. The molecule has 3 rings (SSSR count). The number of carbonyl (C=O) groups excluding carboxylic acids is 3. The van der Waals surface area contributed by atoms with E-state index in [0.717, 1.165) is 21.9 Å². The van der Waals surface area contributed by atoms with Gasteiger partial charge in [-0.15, -0.1) is 0 Å². The molecule has 0 saturated heterocycles. The van der Waals surface area contributed by atoms with E-state index in [1.165, 1.54) is 4.90 Å². The van der Waals surface area contributed by atoms with E-state index in [1.807, 2.05) is 74.5 Å². The molecule has 3 amide bonds. The number of amides is 3. The van der Waals surface area contributed by atoms with E-state index in [4.69, 9.17) is 4.74 Å². The average Bonchev–Trinajstić information content (AvgIpc) is 2.82. The second-order valence-electron chi connectivity index (χ2n) is 10.1. The molecule has 3 aromatic rings. The molecule has 0 aliphatic carbocycles. The fourth-order valence-corrected chi connectivity index (χ4v) is 4.39. The minimum atomic E-state index is -0.982. The van der Waals surface area contributed by atoms with Gasteiger partial charge in [0.05, 0.1) is 0 Å².